The number of ether oxygens (including phenoxy) is 3. The van der Waals surface area contributed by atoms with E-state index in [-0.39, 0.29) is 12.0 Å². The molecule has 2 rings (SSSR count). The summed E-state index contributed by atoms with van der Waals surface area (Å²) >= 11 is 0. The number of methoxy groups -OCH3 is 1. The number of aromatic hydroxyl groups is 1. The van der Waals surface area contributed by atoms with Crippen molar-refractivity contribution < 1.29 is 24.1 Å². The number of hydrogen-bond donors (Lipinski definition) is 1. The van der Waals surface area contributed by atoms with Gasteiger partial charge in [0, 0.05) is 12.7 Å². The first-order valence-electron chi connectivity index (χ1n) is 9.21. The molecule has 29 heavy (non-hydrogen) atoms. The maximum Gasteiger partial charge on any atom is 0.329 e. The number of esters is 1. The Hall–Kier alpha value is -3.31. The molecule has 0 saturated carbocycles. The lowest BCUT2D eigenvalue weighted by molar-refractivity contribution is -0.134. The molecule has 0 aliphatic heterocycles. The highest BCUT2D eigenvalue weighted by molar-refractivity contribution is 5.80. The van der Waals surface area contributed by atoms with Crippen molar-refractivity contribution in [3.05, 3.63) is 84.5 Å². The quantitative estimate of drug-likeness (QED) is 0.287. The first-order valence-corrected chi connectivity index (χ1v) is 9.21. The van der Waals surface area contributed by atoms with Gasteiger partial charge in [0.2, 0.25) is 0 Å². The molecule has 0 aromatic heterocycles. The summed E-state index contributed by atoms with van der Waals surface area (Å²) in [5, 5.41) is 9.23. The van der Waals surface area contributed by atoms with Crippen LogP contribution < -0.4 is 4.74 Å². The largest absolute Gasteiger partial charge is 0.508 e. The molecule has 1 unspecified atom stereocenters. The molecular formula is C24H28O5. The molecule has 0 aliphatic carbocycles. The summed E-state index contributed by atoms with van der Waals surface area (Å²) in [6, 6.07) is 14.9. The number of benzene rings is 2. The fourth-order valence-electron chi connectivity index (χ4n) is 2.12. The number of rotatable bonds is 8. The van der Waals surface area contributed by atoms with Crippen molar-refractivity contribution >= 4 is 18.1 Å². The van der Waals surface area contributed by atoms with Crippen molar-refractivity contribution in [2.75, 3.05) is 13.7 Å². The van der Waals surface area contributed by atoms with E-state index in [1.54, 1.807) is 12.1 Å². The van der Waals surface area contributed by atoms with Gasteiger partial charge in [0.25, 0.3) is 0 Å². The third-order valence-electron chi connectivity index (χ3n) is 3.53. The lowest BCUT2D eigenvalue weighted by atomic mass is 10.2. The van der Waals surface area contributed by atoms with Crippen LogP contribution in [-0.2, 0) is 14.3 Å². The highest BCUT2D eigenvalue weighted by Gasteiger charge is 2.01. The van der Waals surface area contributed by atoms with Crippen LogP contribution in [0.1, 0.15) is 25.0 Å². The van der Waals surface area contributed by atoms with Crippen molar-refractivity contribution in [2.45, 2.75) is 20.1 Å². The summed E-state index contributed by atoms with van der Waals surface area (Å²) in [5.41, 5.74) is 2.14. The highest BCUT2D eigenvalue weighted by atomic mass is 16.7. The van der Waals surface area contributed by atoms with Crippen LogP contribution in [0.2, 0.25) is 0 Å². The Morgan fingerprint density at radius 3 is 1.97 bits per heavy atom. The van der Waals surface area contributed by atoms with E-state index in [1.165, 1.54) is 7.11 Å². The lowest BCUT2D eigenvalue weighted by Gasteiger charge is -2.14. The summed E-state index contributed by atoms with van der Waals surface area (Å²) < 4.78 is 15.1. The van der Waals surface area contributed by atoms with Gasteiger partial charge in [-0.05, 0) is 49.2 Å². The van der Waals surface area contributed by atoms with Crippen LogP contribution in [0.4, 0.5) is 0 Å². The number of carbonyl (C=O) groups is 1. The Labute approximate surface area is 172 Å². The normalized spacial score (nSPS) is 11.6. The van der Waals surface area contributed by atoms with Gasteiger partial charge in [0.15, 0.2) is 6.29 Å². The Morgan fingerprint density at radius 2 is 1.55 bits per heavy atom. The van der Waals surface area contributed by atoms with Gasteiger partial charge in [-0.1, -0.05) is 55.1 Å². The first kappa shape index (κ1) is 23.7. The molecule has 1 atom stereocenters. The maximum absolute atomic E-state index is 9.84. The van der Waals surface area contributed by atoms with Crippen LogP contribution in [0.25, 0.3) is 12.2 Å². The summed E-state index contributed by atoms with van der Waals surface area (Å²) in [6.07, 6.45) is 8.82. The molecule has 0 aliphatic rings. The van der Waals surface area contributed by atoms with Gasteiger partial charge in [-0.15, -0.1) is 0 Å². The van der Waals surface area contributed by atoms with Gasteiger partial charge in [-0.25, -0.2) is 4.79 Å². The molecule has 0 bridgehead atoms. The molecule has 2 aromatic carbocycles. The molecule has 5 heteroatoms. The van der Waals surface area contributed by atoms with Gasteiger partial charge in [-0.3, -0.25) is 0 Å². The molecule has 5 nitrogen and oxygen atoms in total. The predicted octanol–water partition coefficient (Wildman–Crippen LogP) is 5.23. The van der Waals surface area contributed by atoms with Crippen molar-refractivity contribution in [3.8, 4) is 11.5 Å². The molecule has 0 heterocycles. The number of allylic oxidation sites excluding steroid dienone is 2. The fraction of sp³-hybridized carbons (Fsp3) is 0.208. The van der Waals surface area contributed by atoms with Gasteiger partial charge >= 0.3 is 5.97 Å². The van der Waals surface area contributed by atoms with Crippen molar-refractivity contribution in [3.63, 3.8) is 0 Å². The van der Waals surface area contributed by atoms with E-state index in [9.17, 15) is 9.90 Å². The van der Waals surface area contributed by atoms with E-state index < -0.39 is 5.97 Å². The highest BCUT2D eigenvalue weighted by Crippen LogP contribution is 2.15. The minimum absolute atomic E-state index is 0.241. The van der Waals surface area contributed by atoms with E-state index in [2.05, 4.69) is 11.3 Å². The number of hydrogen-bond acceptors (Lipinski definition) is 5. The number of phenolic OH excluding ortho intramolecular Hbond substituents is 1. The molecule has 2 aromatic rings. The summed E-state index contributed by atoms with van der Waals surface area (Å²) in [4.78, 5) is 9.84. The SMILES string of the molecule is C=CC(=O)OC.CCOC(C)Oc1ccc(C=CC=Cc2ccc(O)cc2)cc1. The third-order valence-corrected chi connectivity index (χ3v) is 3.53. The van der Waals surface area contributed by atoms with Crippen molar-refractivity contribution in [1.82, 2.24) is 0 Å². The molecule has 0 spiro atoms. The van der Waals surface area contributed by atoms with Crippen LogP contribution >= 0.6 is 0 Å². The second-order valence-electron chi connectivity index (χ2n) is 5.75. The minimum atomic E-state index is -0.394. The van der Waals surface area contributed by atoms with E-state index in [0.717, 1.165) is 23.0 Å². The zero-order chi connectivity index (χ0) is 21.5. The molecule has 0 amide bonds. The van der Waals surface area contributed by atoms with Crippen LogP contribution in [-0.4, -0.2) is 31.1 Å². The van der Waals surface area contributed by atoms with Crippen LogP contribution in [0.3, 0.4) is 0 Å². The van der Waals surface area contributed by atoms with Crippen LogP contribution in [0.5, 0.6) is 11.5 Å². The van der Waals surface area contributed by atoms with Gasteiger partial charge < -0.3 is 19.3 Å². The monoisotopic (exact) mass is 396 g/mol. The third kappa shape index (κ3) is 10.6. The molecule has 0 fully saturated rings. The van der Waals surface area contributed by atoms with Gasteiger partial charge in [0.1, 0.15) is 11.5 Å². The Bertz CT molecular complexity index is 789. The zero-order valence-electron chi connectivity index (χ0n) is 17.1. The Kier molecular flexibility index (Phi) is 11.3. The predicted molar refractivity (Wildman–Crippen MR) is 117 cm³/mol. The molecule has 1 N–H and O–H groups in total. The molecule has 0 radical (unpaired) electrons. The average Bonchev–Trinajstić information content (AvgIpc) is 2.73. The van der Waals surface area contributed by atoms with Gasteiger partial charge in [-0.2, -0.15) is 0 Å². The first-order chi connectivity index (χ1) is 14.0. The lowest BCUT2D eigenvalue weighted by Crippen LogP contribution is -2.15. The Morgan fingerprint density at radius 1 is 1.03 bits per heavy atom. The standard InChI is InChI=1S/C20H22O3.C4H6O2/c1-3-22-16(2)23-20-14-10-18(11-15-20)7-5-4-6-17-8-12-19(21)13-9-17;1-3-4(5)6-2/h4-16,21H,3H2,1-2H3;3H,1H2,2H3. The van der Waals surface area contributed by atoms with E-state index >= 15 is 0 Å². The van der Waals surface area contributed by atoms with E-state index in [1.807, 2.05) is 74.5 Å². The van der Waals surface area contributed by atoms with Crippen molar-refractivity contribution in [1.29, 1.82) is 0 Å². The maximum atomic E-state index is 9.84. The number of carbonyl (C=O) groups excluding carboxylic acids is 1. The second-order valence-corrected chi connectivity index (χ2v) is 5.75. The zero-order valence-corrected chi connectivity index (χ0v) is 17.1. The number of phenols is 1. The Balaban J connectivity index is 0.000000612. The second kappa shape index (κ2) is 13.8. The van der Waals surface area contributed by atoms with Crippen LogP contribution in [0.15, 0.2) is 73.3 Å². The molecular weight excluding hydrogens is 368 g/mol. The van der Waals surface area contributed by atoms with Crippen LogP contribution in [0, 0.1) is 0 Å². The van der Waals surface area contributed by atoms with Crippen molar-refractivity contribution in [2.24, 2.45) is 0 Å². The molecule has 154 valence electrons. The van der Waals surface area contributed by atoms with Gasteiger partial charge in [0.05, 0.1) is 7.11 Å². The minimum Gasteiger partial charge on any atom is -0.508 e. The topological polar surface area (TPSA) is 65.0 Å². The van der Waals surface area contributed by atoms with E-state index in [4.69, 9.17) is 9.47 Å². The average molecular weight is 396 g/mol. The summed E-state index contributed by atoms with van der Waals surface area (Å²) in [5.74, 6) is 0.677. The summed E-state index contributed by atoms with van der Waals surface area (Å²) in [7, 11) is 1.31. The summed E-state index contributed by atoms with van der Waals surface area (Å²) in [6.45, 7) is 7.62. The molecule has 0 saturated heterocycles. The smallest absolute Gasteiger partial charge is 0.329 e. The van der Waals surface area contributed by atoms with E-state index in [0.29, 0.717) is 6.61 Å². The fourth-order valence-corrected chi connectivity index (χ4v) is 2.12.